The van der Waals surface area contributed by atoms with Crippen LogP contribution in [0.5, 0.6) is 0 Å². The fourth-order valence-corrected chi connectivity index (χ4v) is 3.28. The van der Waals surface area contributed by atoms with Gasteiger partial charge in [-0.25, -0.2) is 0 Å². The molecular formula is C20H17N3O2. The fourth-order valence-electron chi connectivity index (χ4n) is 3.28. The highest BCUT2D eigenvalue weighted by Gasteiger charge is 2.32. The van der Waals surface area contributed by atoms with Gasteiger partial charge in [-0.05, 0) is 43.2 Å². The van der Waals surface area contributed by atoms with E-state index >= 15 is 0 Å². The van der Waals surface area contributed by atoms with E-state index in [9.17, 15) is 9.59 Å². The molecule has 1 amide bonds. The standard InChI is InChI=1S/C20H17N3O2/c1-14-13-15-7-5-6-10-18(15)22(14)20(25)17-11-12-19(24)23(21-17)16-8-3-2-4-9-16/h2-12,14H,13H2,1H3. The van der Waals surface area contributed by atoms with Gasteiger partial charge in [0.15, 0.2) is 0 Å². The van der Waals surface area contributed by atoms with Gasteiger partial charge >= 0.3 is 0 Å². The summed E-state index contributed by atoms with van der Waals surface area (Å²) in [7, 11) is 0. The van der Waals surface area contributed by atoms with Crippen LogP contribution in [-0.4, -0.2) is 21.7 Å². The molecule has 2 aromatic carbocycles. The minimum atomic E-state index is -0.266. The van der Waals surface area contributed by atoms with Crippen LogP contribution in [0.2, 0.25) is 0 Å². The molecule has 0 spiro atoms. The molecule has 5 heteroatoms. The molecule has 25 heavy (non-hydrogen) atoms. The van der Waals surface area contributed by atoms with Crippen molar-refractivity contribution in [2.45, 2.75) is 19.4 Å². The molecular weight excluding hydrogens is 314 g/mol. The number of carbonyl (C=O) groups excluding carboxylic acids is 1. The topological polar surface area (TPSA) is 55.2 Å². The molecule has 124 valence electrons. The van der Waals surface area contributed by atoms with Crippen LogP contribution in [0.1, 0.15) is 23.0 Å². The van der Waals surface area contributed by atoms with Crippen LogP contribution in [0.25, 0.3) is 5.69 Å². The van der Waals surface area contributed by atoms with E-state index in [0.717, 1.165) is 17.7 Å². The number of benzene rings is 2. The molecule has 0 fully saturated rings. The van der Waals surface area contributed by atoms with E-state index in [1.54, 1.807) is 17.0 Å². The monoisotopic (exact) mass is 331 g/mol. The van der Waals surface area contributed by atoms with Gasteiger partial charge in [-0.2, -0.15) is 9.78 Å². The Balaban J connectivity index is 1.76. The molecule has 1 atom stereocenters. The second-order valence-electron chi connectivity index (χ2n) is 6.16. The minimum Gasteiger partial charge on any atom is -0.304 e. The molecule has 3 aromatic rings. The van der Waals surface area contributed by atoms with Crippen molar-refractivity contribution in [2.24, 2.45) is 0 Å². The summed E-state index contributed by atoms with van der Waals surface area (Å²) in [5.74, 6) is -0.192. The molecule has 0 aliphatic carbocycles. The quantitative estimate of drug-likeness (QED) is 0.725. The van der Waals surface area contributed by atoms with Crippen LogP contribution in [0.3, 0.4) is 0 Å². The third kappa shape index (κ3) is 2.63. The summed E-state index contributed by atoms with van der Waals surface area (Å²) in [6, 6.07) is 19.9. The molecule has 1 unspecified atom stereocenters. The van der Waals surface area contributed by atoms with Gasteiger partial charge in [0, 0.05) is 17.8 Å². The SMILES string of the molecule is CC1Cc2ccccc2N1C(=O)c1ccc(=O)n(-c2ccccc2)n1. The van der Waals surface area contributed by atoms with E-state index in [-0.39, 0.29) is 23.2 Å². The lowest BCUT2D eigenvalue weighted by Gasteiger charge is -2.22. The van der Waals surface area contributed by atoms with Gasteiger partial charge in [-0.1, -0.05) is 36.4 Å². The van der Waals surface area contributed by atoms with Crippen molar-refractivity contribution in [3.05, 3.63) is 88.3 Å². The highest BCUT2D eigenvalue weighted by atomic mass is 16.2. The van der Waals surface area contributed by atoms with Gasteiger partial charge in [-0.15, -0.1) is 0 Å². The number of hydrogen-bond donors (Lipinski definition) is 0. The zero-order valence-electron chi connectivity index (χ0n) is 13.8. The molecule has 0 bridgehead atoms. The van der Waals surface area contributed by atoms with E-state index in [0.29, 0.717) is 5.69 Å². The molecule has 0 saturated heterocycles. The van der Waals surface area contributed by atoms with Crippen LogP contribution in [0, 0.1) is 0 Å². The zero-order valence-corrected chi connectivity index (χ0v) is 13.8. The largest absolute Gasteiger partial charge is 0.304 e. The van der Waals surface area contributed by atoms with Gasteiger partial charge in [0.2, 0.25) is 0 Å². The van der Waals surface area contributed by atoms with Crippen molar-refractivity contribution in [3.63, 3.8) is 0 Å². The van der Waals surface area contributed by atoms with Gasteiger partial charge in [-0.3, -0.25) is 9.59 Å². The lowest BCUT2D eigenvalue weighted by Crippen LogP contribution is -2.37. The summed E-state index contributed by atoms with van der Waals surface area (Å²) in [6.07, 6.45) is 0.820. The molecule has 2 heterocycles. The van der Waals surface area contributed by atoms with Crippen molar-refractivity contribution in [1.82, 2.24) is 9.78 Å². The van der Waals surface area contributed by atoms with Crippen molar-refractivity contribution in [2.75, 3.05) is 4.90 Å². The molecule has 0 radical (unpaired) electrons. The van der Waals surface area contributed by atoms with Gasteiger partial charge in [0.1, 0.15) is 5.69 Å². The first kappa shape index (κ1) is 15.3. The smallest absolute Gasteiger partial charge is 0.278 e. The van der Waals surface area contributed by atoms with Gasteiger partial charge < -0.3 is 4.90 Å². The van der Waals surface area contributed by atoms with Crippen molar-refractivity contribution in [3.8, 4) is 5.69 Å². The fraction of sp³-hybridized carbons (Fsp3) is 0.150. The second kappa shape index (κ2) is 6.02. The highest BCUT2D eigenvalue weighted by Crippen LogP contribution is 2.32. The lowest BCUT2D eigenvalue weighted by atomic mass is 10.1. The van der Waals surface area contributed by atoms with Crippen LogP contribution in [-0.2, 0) is 6.42 Å². The van der Waals surface area contributed by atoms with E-state index < -0.39 is 0 Å². The van der Waals surface area contributed by atoms with Crippen LogP contribution in [0.4, 0.5) is 5.69 Å². The summed E-state index contributed by atoms with van der Waals surface area (Å²) in [5, 5.41) is 4.31. The summed E-state index contributed by atoms with van der Waals surface area (Å²) < 4.78 is 1.26. The Hall–Kier alpha value is -3.21. The summed E-state index contributed by atoms with van der Waals surface area (Å²) in [5.41, 5.74) is 2.70. The first-order valence-corrected chi connectivity index (χ1v) is 8.22. The third-order valence-electron chi connectivity index (χ3n) is 4.45. The Morgan fingerprint density at radius 3 is 2.52 bits per heavy atom. The summed E-state index contributed by atoms with van der Waals surface area (Å²) >= 11 is 0. The molecule has 0 saturated carbocycles. The molecule has 5 nitrogen and oxygen atoms in total. The van der Waals surface area contributed by atoms with Crippen molar-refractivity contribution >= 4 is 11.6 Å². The minimum absolute atomic E-state index is 0.0591. The Morgan fingerprint density at radius 1 is 1.00 bits per heavy atom. The average Bonchev–Trinajstić information content (AvgIpc) is 2.98. The maximum absolute atomic E-state index is 13.1. The first-order valence-electron chi connectivity index (χ1n) is 8.22. The number of rotatable bonds is 2. The predicted molar refractivity (Wildman–Crippen MR) is 96.3 cm³/mol. The number of hydrogen-bond acceptors (Lipinski definition) is 3. The maximum Gasteiger partial charge on any atom is 0.278 e. The number of aromatic nitrogens is 2. The number of para-hydroxylation sites is 2. The molecule has 1 aliphatic rings. The Labute approximate surface area is 145 Å². The van der Waals surface area contributed by atoms with Crippen molar-refractivity contribution < 1.29 is 4.79 Å². The van der Waals surface area contributed by atoms with Crippen LogP contribution in [0.15, 0.2) is 71.5 Å². The van der Waals surface area contributed by atoms with Crippen LogP contribution >= 0.6 is 0 Å². The first-order chi connectivity index (χ1) is 12.1. The Morgan fingerprint density at radius 2 is 1.72 bits per heavy atom. The zero-order chi connectivity index (χ0) is 17.4. The van der Waals surface area contributed by atoms with E-state index in [2.05, 4.69) is 5.10 Å². The molecule has 4 rings (SSSR count). The van der Waals surface area contributed by atoms with Crippen LogP contribution < -0.4 is 10.5 Å². The van der Waals surface area contributed by atoms with E-state index in [4.69, 9.17) is 0 Å². The number of amides is 1. The molecule has 0 N–H and O–H groups in total. The third-order valence-corrected chi connectivity index (χ3v) is 4.45. The maximum atomic E-state index is 13.1. The van der Waals surface area contributed by atoms with E-state index in [1.807, 2.05) is 49.4 Å². The Kier molecular flexibility index (Phi) is 3.69. The number of carbonyl (C=O) groups is 1. The summed E-state index contributed by atoms with van der Waals surface area (Å²) in [4.78, 5) is 27.0. The van der Waals surface area contributed by atoms with Gasteiger partial charge in [0.25, 0.3) is 11.5 Å². The number of anilines is 1. The summed E-state index contributed by atoms with van der Waals surface area (Å²) in [6.45, 7) is 2.02. The van der Waals surface area contributed by atoms with E-state index in [1.165, 1.54) is 16.8 Å². The molecule has 1 aliphatic heterocycles. The highest BCUT2D eigenvalue weighted by molar-refractivity contribution is 6.06. The Bertz CT molecular complexity index is 995. The normalized spacial score (nSPS) is 15.9. The predicted octanol–water partition coefficient (Wildman–Crippen LogP) is 2.82. The molecule has 1 aromatic heterocycles. The lowest BCUT2D eigenvalue weighted by molar-refractivity contribution is 0.0975. The second-order valence-corrected chi connectivity index (χ2v) is 6.16. The van der Waals surface area contributed by atoms with Gasteiger partial charge in [0.05, 0.1) is 5.69 Å². The number of nitrogens with zero attached hydrogens (tertiary/aromatic N) is 3. The number of fused-ring (bicyclic) bond motifs is 1. The van der Waals surface area contributed by atoms with Crippen molar-refractivity contribution in [1.29, 1.82) is 0 Å². The average molecular weight is 331 g/mol.